The zero-order valence-corrected chi connectivity index (χ0v) is 12.1. The average molecular weight is 305 g/mol. The maximum Gasteiger partial charge on any atom is 0.573 e. The summed E-state index contributed by atoms with van der Waals surface area (Å²) in [6, 6.07) is 6.25. The van der Waals surface area contributed by atoms with Gasteiger partial charge in [0, 0.05) is 23.4 Å². The molecule has 1 aromatic rings. The molecule has 1 atom stereocenters. The van der Waals surface area contributed by atoms with E-state index in [9.17, 15) is 13.2 Å². The molecule has 1 fully saturated rings. The molecule has 6 heteroatoms. The Morgan fingerprint density at radius 3 is 2.75 bits per heavy atom. The van der Waals surface area contributed by atoms with E-state index >= 15 is 0 Å². The molecule has 1 aliphatic heterocycles. The maximum atomic E-state index is 12.3. The number of benzene rings is 1. The molecular weight excluding hydrogens is 287 g/mol. The van der Waals surface area contributed by atoms with E-state index in [2.05, 4.69) is 17.0 Å². The molecule has 2 nitrogen and oxygen atoms in total. The van der Waals surface area contributed by atoms with Gasteiger partial charge in [-0.1, -0.05) is 18.2 Å². The fourth-order valence-corrected chi connectivity index (χ4v) is 3.59. The summed E-state index contributed by atoms with van der Waals surface area (Å²) >= 11 is 1.92. The van der Waals surface area contributed by atoms with Crippen LogP contribution in [0.3, 0.4) is 0 Å². The van der Waals surface area contributed by atoms with Gasteiger partial charge in [0.25, 0.3) is 0 Å². The minimum Gasteiger partial charge on any atom is -0.405 e. The van der Waals surface area contributed by atoms with Gasteiger partial charge in [0.15, 0.2) is 0 Å². The molecule has 112 valence electrons. The van der Waals surface area contributed by atoms with Gasteiger partial charge in [-0.3, -0.25) is 0 Å². The summed E-state index contributed by atoms with van der Waals surface area (Å²) in [7, 11) is 0. The Morgan fingerprint density at radius 1 is 1.35 bits per heavy atom. The van der Waals surface area contributed by atoms with Crippen LogP contribution in [0.2, 0.25) is 0 Å². The van der Waals surface area contributed by atoms with Crippen molar-refractivity contribution in [1.82, 2.24) is 5.32 Å². The summed E-state index contributed by atoms with van der Waals surface area (Å²) in [5.41, 5.74) is 0.524. The van der Waals surface area contributed by atoms with Gasteiger partial charge in [-0.05, 0) is 31.6 Å². The summed E-state index contributed by atoms with van der Waals surface area (Å²) in [4.78, 5) is 0. The molecule has 0 aliphatic carbocycles. The summed E-state index contributed by atoms with van der Waals surface area (Å²) < 4.78 is 41.1. The quantitative estimate of drug-likeness (QED) is 0.889. The molecule has 1 aliphatic rings. The maximum absolute atomic E-state index is 12.3. The zero-order chi connectivity index (χ0) is 14.6. The van der Waals surface area contributed by atoms with Crippen molar-refractivity contribution >= 4 is 11.8 Å². The van der Waals surface area contributed by atoms with E-state index in [4.69, 9.17) is 0 Å². The molecule has 2 rings (SSSR count). The van der Waals surface area contributed by atoms with Crippen LogP contribution in [-0.4, -0.2) is 23.4 Å². The van der Waals surface area contributed by atoms with Crippen LogP contribution >= 0.6 is 11.8 Å². The smallest absolute Gasteiger partial charge is 0.405 e. The summed E-state index contributed by atoms with van der Waals surface area (Å²) in [5, 5.41) is 3.24. The first-order chi connectivity index (χ1) is 9.38. The second-order valence-electron chi connectivity index (χ2n) is 5.16. The molecule has 0 spiro atoms. The van der Waals surface area contributed by atoms with Crippen LogP contribution in [0.15, 0.2) is 24.3 Å². The Bertz CT molecular complexity index is 444. The van der Waals surface area contributed by atoms with Gasteiger partial charge >= 0.3 is 6.36 Å². The highest BCUT2D eigenvalue weighted by molar-refractivity contribution is 8.00. The lowest BCUT2D eigenvalue weighted by atomic mass is 10.1. The molecule has 1 heterocycles. The molecule has 0 radical (unpaired) electrons. The molecule has 20 heavy (non-hydrogen) atoms. The highest BCUT2D eigenvalue weighted by atomic mass is 32.2. The van der Waals surface area contributed by atoms with Crippen LogP contribution in [-0.2, 0) is 6.54 Å². The van der Waals surface area contributed by atoms with Gasteiger partial charge in [0.05, 0.1) is 0 Å². The van der Waals surface area contributed by atoms with E-state index in [1.54, 1.807) is 18.2 Å². The van der Waals surface area contributed by atoms with Crippen molar-refractivity contribution in [3.8, 4) is 5.75 Å². The summed E-state index contributed by atoms with van der Waals surface area (Å²) in [5.74, 6) is 1.03. The topological polar surface area (TPSA) is 21.3 Å². The number of hydrogen-bond donors (Lipinski definition) is 1. The van der Waals surface area contributed by atoms with Crippen LogP contribution in [0, 0.1) is 0 Å². The Labute approximate surface area is 121 Å². The van der Waals surface area contributed by atoms with Crippen molar-refractivity contribution in [1.29, 1.82) is 0 Å². The van der Waals surface area contributed by atoms with E-state index in [-0.39, 0.29) is 10.5 Å². The number of hydrogen-bond acceptors (Lipinski definition) is 3. The first kappa shape index (κ1) is 15.5. The lowest BCUT2D eigenvalue weighted by Crippen LogP contribution is -2.32. The highest BCUT2D eigenvalue weighted by Crippen LogP contribution is 2.37. The minimum absolute atomic E-state index is 0.128. The molecule has 0 saturated carbocycles. The largest absolute Gasteiger partial charge is 0.573 e. The Balaban J connectivity index is 1.92. The Kier molecular flexibility index (Phi) is 4.86. The van der Waals surface area contributed by atoms with Gasteiger partial charge in [-0.2, -0.15) is 11.8 Å². The van der Waals surface area contributed by atoms with Crippen molar-refractivity contribution in [3.05, 3.63) is 29.8 Å². The molecular formula is C14H18F3NOS. The van der Waals surface area contributed by atoms with Crippen LogP contribution in [0.4, 0.5) is 13.2 Å². The molecule has 1 saturated heterocycles. The van der Waals surface area contributed by atoms with Gasteiger partial charge in [0.2, 0.25) is 0 Å². The third-order valence-electron chi connectivity index (χ3n) is 3.31. The second kappa shape index (κ2) is 6.26. The van der Waals surface area contributed by atoms with E-state index in [0.717, 1.165) is 18.7 Å². The standard InChI is InChI=1S/C14H18F3NOS/c1-13(7-4-8-20-13)10-18-9-11-5-2-3-6-12(11)19-14(15,16)17/h2-3,5-6,18H,4,7-10H2,1H3. The molecule has 0 aromatic heterocycles. The lowest BCUT2D eigenvalue weighted by Gasteiger charge is -2.23. The SMILES string of the molecule is CC1(CNCc2ccccc2OC(F)(F)F)CCCS1. The van der Waals surface area contributed by atoms with Gasteiger partial charge in [0.1, 0.15) is 5.75 Å². The number of ether oxygens (including phenoxy) is 1. The van der Waals surface area contributed by atoms with E-state index in [1.807, 2.05) is 11.8 Å². The van der Waals surface area contributed by atoms with Crippen LogP contribution in [0.5, 0.6) is 5.75 Å². The fraction of sp³-hybridized carbons (Fsp3) is 0.571. The fourth-order valence-electron chi connectivity index (χ4n) is 2.31. The number of halogens is 3. The van der Waals surface area contributed by atoms with Gasteiger partial charge in [-0.25, -0.2) is 0 Å². The second-order valence-corrected chi connectivity index (χ2v) is 6.84. The molecule has 1 N–H and O–H groups in total. The van der Waals surface area contributed by atoms with Crippen LogP contribution < -0.4 is 10.1 Å². The van der Waals surface area contributed by atoms with Crippen molar-refractivity contribution in [2.45, 2.75) is 37.4 Å². The molecule has 1 aromatic carbocycles. The van der Waals surface area contributed by atoms with E-state index in [1.165, 1.54) is 12.5 Å². The van der Waals surface area contributed by atoms with E-state index in [0.29, 0.717) is 12.1 Å². The molecule has 1 unspecified atom stereocenters. The monoisotopic (exact) mass is 305 g/mol. The van der Waals surface area contributed by atoms with Crippen molar-refractivity contribution in [3.63, 3.8) is 0 Å². The highest BCUT2D eigenvalue weighted by Gasteiger charge is 2.32. The van der Waals surface area contributed by atoms with Crippen molar-refractivity contribution < 1.29 is 17.9 Å². The molecule has 0 amide bonds. The molecule has 0 bridgehead atoms. The lowest BCUT2D eigenvalue weighted by molar-refractivity contribution is -0.274. The van der Waals surface area contributed by atoms with Gasteiger partial charge < -0.3 is 10.1 Å². The predicted molar refractivity (Wildman–Crippen MR) is 74.9 cm³/mol. The van der Waals surface area contributed by atoms with Crippen molar-refractivity contribution in [2.75, 3.05) is 12.3 Å². The van der Waals surface area contributed by atoms with E-state index < -0.39 is 6.36 Å². The summed E-state index contributed by atoms with van der Waals surface area (Å²) in [6.45, 7) is 3.36. The first-order valence-corrected chi connectivity index (χ1v) is 7.55. The number of alkyl halides is 3. The number of para-hydroxylation sites is 1. The average Bonchev–Trinajstić information content (AvgIpc) is 2.77. The normalized spacial score (nSPS) is 23.0. The Morgan fingerprint density at radius 2 is 2.10 bits per heavy atom. The van der Waals surface area contributed by atoms with Crippen LogP contribution in [0.1, 0.15) is 25.3 Å². The predicted octanol–water partition coefficient (Wildman–Crippen LogP) is 3.96. The minimum atomic E-state index is -4.65. The van der Waals surface area contributed by atoms with Crippen molar-refractivity contribution in [2.24, 2.45) is 0 Å². The number of rotatable bonds is 5. The van der Waals surface area contributed by atoms with Gasteiger partial charge in [-0.15, -0.1) is 13.2 Å². The zero-order valence-electron chi connectivity index (χ0n) is 11.3. The third kappa shape index (κ3) is 4.59. The first-order valence-electron chi connectivity index (χ1n) is 6.56. The number of thioether (sulfide) groups is 1. The third-order valence-corrected chi connectivity index (χ3v) is 4.85. The number of nitrogens with one attached hydrogen (secondary N) is 1. The summed E-state index contributed by atoms with van der Waals surface area (Å²) in [6.07, 6.45) is -2.30. The van der Waals surface area contributed by atoms with Crippen LogP contribution in [0.25, 0.3) is 0 Å². The Hall–Kier alpha value is -0.880.